The molecule has 1 saturated heterocycles. The first kappa shape index (κ1) is 16.8. The first-order chi connectivity index (χ1) is 11.5. The van der Waals surface area contributed by atoms with Crippen molar-refractivity contribution in [2.45, 2.75) is 51.2 Å². The number of aliphatic hydroxyl groups is 1. The van der Waals surface area contributed by atoms with Gasteiger partial charge >= 0.3 is 6.03 Å². The highest BCUT2D eigenvalue weighted by Crippen LogP contribution is 2.48. The van der Waals surface area contributed by atoms with E-state index in [1.54, 1.807) is 9.80 Å². The number of amides is 3. The third-order valence-corrected chi connectivity index (χ3v) is 4.93. The molecule has 6 nitrogen and oxygen atoms in total. The van der Waals surface area contributed by atoms with Crippen LogP contribution in [-0.2, 0) is 4.79 Å². The number of para-hydroxylation sites is 1. The third kappa shape index (κ3) is 2.55. The fourth-order valence-electron chi connectivity index (χ4n) is 3.93. The van der Waals surface area contributed by atoms with Crippen LogP contribution in [0, 0.1) is 0 Å². The number of nitrogens with one attached hydrogen (secondary N) is 1. The Kier molecular flexibility index (Phi) is 4.49. The molecule has 3 amide bonds. The van der Waals surface area contributed by atoms with Gasteiger partial charge in [0.15, 0.2) is 0 Å². The molecule has 2 aliphatic rings. The number of urea groups is 1. The van der Waals surface area contributed by atoms with Gasteiger partial charge in [-0.05, 0) is 25.5 Å². The number of likely N-dealkylation sites (tertiary alicyclic amines) is 1. The van der Waals surface area contributed by atoms with Crippen LogP contribution in [0.4, 0.5) is 10.5 Å². The summed E-state index contributed by atoms with van der Waals surface area (Å²) in [7, 11) is 0. The second-order valence-electron chi connectivity index (χ2n) is 6.77. The average molecular weight is 331 g/mol. The summed E-state index contributed by atoms with van der Waals surface area (Å²) < 4.78 is 0. The Morgan fingerprint density at radius 2 is 2.04 bits per heavy atom. The van der Waals surface area contributed by atoms with E-state index in [9.17, 15) is 14.7 Å². The first-order valence-electron chi connectivity index (χ1n) is 8.58. The molecule has 2 heterocycles. The summed E-state index contributed by atoms with van der Waals surface area (Å²) in [6, 6.07) is 7.42. The van der Waals surface area contributed by atoms with Crippen LogP contribution in [0.25, 0.3) is 0 Å². The summed E-state index contributed by atoms with van der Waals surface area (Å²) >= 11 is 0. The summed E-state index contributed by atoms with van der Waals surface area (Å²) in [5, 5.41) is 12.7. The molecule has 1 fully saturated rings. The Labute approximate surface area is 142 Å². The minimum Gasteiger partial charge on any atom is -0.394 e. The third-order valence-electron chi connectivity index (χ3n) is 4.93. The number of hydrogen-bond donors (Lipinski definition) is 2. The van der Waals surface area contributed by atoms with Gasteiger partial charge in [0.1, 0.15) is 0 Å². The lowest BCUT2D eigenvalue weighted by atomic mass is 9.72. The normalized spacial score (nSPS) is 25.0. The Morgan fingerprint density at radius 1 is 1.33 bits per heavy atom. The number of rotatable bonds is 3. The standard InChI is InChI=1S/C18H25N3O3/c1-4-16(23)21-14-9-20(18(24)19-11(2)3)13-8-6-5-7-12(13)17(14)15(21)10-22/h5-8,11,14-15,17,22H,4,9-10H2,1-3H3,(H,19,24)/t14-,15-,17+/m1/s1. The van der Waals surface area contributed by atoms with Gasteiger partial charge in [0.25, 0.3) is 0 Å². The van der Waals surface area contributed by atoms with Crippen LogP contribution in [0.3, 0.4) is 0 Å². The van der Waals surface area contributed by atoms with Gasteiger partial charge in [0.05, 0.1) is 18.7 Å². The topological polar surface area (TPSA) is 72.9 Å². The minimum absolute atomic E-state index is 0.0268. The van der Waals surface area contributed by atoms with Crippen LogP contribution in [0.1, 0.15) is 38.7 Å². The van der Waals surface area contributed by atoms with Crippen molar-refractivity contribution in [2.75, 3.05) is 18.1 Å². The van der Waals surface area contributed by atoms with Crippen molar-refractivity contribution < 1.29 is 14.7 Å². The van der Waals surface area contributed by atoms with E-state index in [-0.39, 0.29) is 42.6 Å². The number of anilines is 1. The van der Waals surface area contributed by atoms with Crippen LogP contribution in [0.2, 0.25) is 0 Å². The monoisotopic (exact) mass is 331 g/mol. The molecular formula is C18H25N3O3. The predicted octanol–water partition coefficient (Wildman–Crippen LogP) is 1.69. The second kappa shape index (κ2) is 6.43. The molecular weight excluding hydrogens is 306 g/mol. The number of nitrogens with zero attached hydrogens (tertiary/aromatic N) is 2. The van der Waals surface area contributed by atoms with Crippen molar-refractivity contribution in [3.8, 4) is 0 Å². The molecule has 2 aliphatic heterocycles. The fourth-order valence-corrected chi connectivity index (χ4v) is 3.93. The molecule has 0 spiro atoms. The summed E-state index contributed by atoms with van der Waals surface area (Å²) in [6.45, 7) is 6.08. The van der Waals surface area contributed by atoms with Gasteiger partial charge in [-0.2, -0.15) is 0 Å². The van der Waals surface area contributed by atoms with Crippen LogP contribution in [0.15, 0.2) is 24.3 Å². The van der Waals surface area contributed by atoms with Crippen molar-refractivity contribution in [1.29, 1.82) is 0 Å². The van der Waals surface area contributed by atoms with Crippen molar-refractivity contribution in [2.24, 2.45) is 0 Å². The minimum atomic E-state index is -0.195. The van der Waals surface area contributed by atoms with Crippen molar-refractivity contribution in [1.82, 2.24) is 10.2 Å². The predicted molar refractivity (Wildman–Crippen MR) is 92.0 cm³/mol. The molecule has 0 aromatic heterocycles. The van der Waals surface area contributed by atoms with E-state index >= 15 is 0 Å². The van der Waals surface area contributed by atoms with E-state index < -0.39 is 0 Å². The molecule has 130 valence electrons. The molecule has 24 heavy (non-hydrogen) atoms. The highest BCUT2D eigenvalue weighted by atomic mass is 16.3. The highest BCUT2D eigenvalue weighted by molar-refractivity contribution is 5.94. The Balaban J connectivity index is 1.97. The molecule has 2 N–H and O–H groups in total. The lowest BCUT2D eigenvalue weighted by Crippen LogP contribution is -2.71. The number of fused-ring (bicyclic) bond motifs is 3. The second-order valence-corrected chi connectivity index (χ2v) is 6.77. The largest absolute Gasteiger partial charge is 0.394 e. The molecule has 6 heteroatoms. The van der Waals surface area contributed by atoms with E-state index in [1.165, 1.54) is 0 Å². The zero-order valence-electron chi connectivity index (χ0n) is 14.4. The maximum atomic E-state index is 12.6. The number of carbonyl (C=O) groups is 2. The lowest BCUT2D eigenvalue weighted by molar-refractivity contribution is -0.149. The molecule has 1 aromatic rings. The number of benzene rings is 1. The molecule has 0 aliphatic carbocycles. The maximum Gasteiger partial charge on any atom is 0.322 e. The van der Waals surface area contributed by atoms with Crippen LogP contribution < -0.4 is 10.2 Å². The zero-order valence-corrected chi connectivity index (χ0v) is 14.4. The smallest absolute Gasteiger partial charge is 0.322 e. The van der Waals surface area contributed by atoms with E-state index in [2.05, 4.69) is 5.32 Å². The number of aliphatic hydroxyl groups excluding tert-OH is 1. The molecule has 3 atom stereocenters. The quantitative estimate of drug-likeness (QED) is 0.885. The Morgan fingerprint density at radius 3 is 2.67 bits per heavy atom. The van der Waals surface area contributed by atoms with Gasteiger partial charge in [0.2, 0.25) is 5.91 Å². The summed E-state index contributed by atoms with van der Waals surface area (Å²) in [4.78, 5) is 28.4. The lowest BCUT2D eigenvalue weighted by Gasteiger charge is -2.58. The van der Waals surface area contributed by atoms with E-state index in [4.69, 9.17) is 0 Å². The Bertz CT molecular complexity index is 646. The van der Waals surface area contributed by atoms with E-state index in [1.807, 2.05) is 45.0 Å². The number of carbonyl (C=O) groups excluding carboxylic acids is 2. The first-order valence-corrected chi connectivity index (χ1v) is 8.58. The summed E-state index contributed by atoms with van der Waals surface area (Å²) in [6.07, 6.45) is 0.402. The van der Waals surface area contributed by atoms with Gasteiger partial charge in [-0.3, -0.25) is 9.69 Å². The Hall–Kier alpha value is -2.08. The molecule has 1 aromatic carbocycles. The van der Waals surface area contributed by atoms with E-state index in [0.29, 0.717) is 13.0 Å². The van der Waals surface area contributed by atoms with Crippen molar-refractivity contribution >= 4 is 17.6 Å². The molecule has 0 radical (unpaired) electrons. The molecule has 3 rings (SSSR count). The summed E-state index contributed by atoms with van der Waals surface area (Å²) in [5.41, 5.74) is 1.91. The van der Waals surface area contributed by atoms with Crippen LogP contribution in [0.5, 0.6) is 0 Å². The van der Waals surface area contributed by atoms with Gasteiger partial charge in [-0.25, -0.2) is 4.79 Å². The van der Waals surface area contributed by atoms with Crippen LogP contribution >= 0.6 is 0 Å². The fraction of sp³-hybridized carbons (Fsp3) is 0.556. The molecule has 0 unspecified atom stereocenters. The van der Waals surface area contributed by atoms with Gasteiger partial charge in [-0.15, -0.1) is 0 Å². The van der Waals surface area contributed by atoms with Gasteiger partial charge < -0.3 is 15.3 Å². The van der Waals surface area contributed by atoms with Crippen molar-refractivity contribution in [3.63, 3.8) is 0 Å². The molecule has 0 bridgehead atoms. The van der Waals surface area contributed by atoms with Gasteiger partial charge in [-0.1, -0.05) is 25.1 Å². The van der Waals surface area contributed by atoms with Crippen molar-refractivity contribution in [3.05, 3.63) is 29.8 Å². The highest BCUT2D eigenvalue weighted by Gasteiger charge is 2.54. The maximum absolute atomic E-state index is 12.6. The van der Waals surface area contributed by atoms with Gasteiger partial charge in [0, 0.05) is 30.6 Å². The SMILES string of the molecule is CCC(=O)N1[C@H](CO)[C@H]2c3ccccc3N(C(=O)NC(C)C)C[C@H]21. The van der Waals surface area contributed by atoms with Crippen LogP contribution in [-0.4, -0.2) is 53.2 Å². The van der Waals surface area contributed by atoms with E-state index in [0.717, 1.165) is 11.3 Å². The zero-order chi connectivity index (χ0) is 17.4. The average Bonchev–Trinajstić information content (AvgIpc) is 2.54. The summed E-state index contributed by atoms with van der Waals surface area (Å²) in [5.74, 6) is 0.115. The molecule has 0 saturated carbocycles. The number of hydrogen-bond acceptors (Lipinski definition) is 3.